The van der Waals surface area contributed by atoms with Gasteiger partial charge >= 0.3 is 12.6 Å². The highest BCUT2D eigenvalue weighted by molar-refractivity contribution is 5.87. The molecule has 1 rings (SSSR count). The van der Waals surface area contributed by atoms with Gasteiger partial charge in [0.05, 0.1) is 12.8 Å². The lowest BCUT2D eigenvalue weighted by Gasteiger charge is -2.11. The first-order chi connectivity index (χ1) is 9.04. The Morgan fingerprint density at radius 1 is 1.42 bits per heavy atom. The fraction of sp³-hybridized carbons (Fsp3) is 0.308. The van der Waals surface area contributed by atoms with Crippen LogP contribution in [0.4, 0.5) is 14.5 Å². The summed E-state index contributed by atoms with van der Waals surface area (Å²) in [6.45, 7) is -0.977. The van der Waals surface area contributed by atoms with Crippen molar-refractivity contribution in [3.63, 3.8) is 0 Å². The van der Waals surface area contributed by atoms with Crippen LogP contribution in [0.3, 0.4) is 0 Å². The Balaban J connectivity index is 2.65. The molecule has 19 heavy (non-hydrogen) atoms. The zero-order valence-electron chi connectivity index (χ0n) is 10.7. The molecule has 0 aromatic heterocycles. The van der Waals surface area contributed by atoms with Crippen LogP contribution in [0.25, 0.3) is 0 Å². The van der Waals surface area contributed by atoms with Crippen LogP contribution in [-0.2, 0) is 9.53 Å². The summed E-state index contributed by atoms with van der Waals surface area (Å²) in [7, 11) is 1.29. The normalized spacial score (nSPS) is 11.3. The molecule has 0 amide bonds. The number of hydrogen-bond donors (Lipinski definition) is 1. The predicted octanol–water partition coefficient (Wildman–Crippen LogP) is 2.82. The number of halogens is 2. The molecule has 0 saturated heterocycles. The number of esters is 1. The fourth-order valence-corrected chi connectivity index (χ4v) is 1.37. The molecule has 0 atom stereocenters. The number of rotatable bonds is 6. The summed E-state index contributed by atoms with van der Waals surface area (Å²) in [6, 6.07) is 6.33. The molecule has 0 aliphatic carbocycles. The monoisotopic (exact) mass is 271 g/mol. The Morgan fingerprint density at radius 3 is 2.74 bits per heavy atom. The molecule has 0 saturated carbocycles. The van der Waals surface area contributed by atoms with Crippen LogP contribution in [-0.4, -0.2) is 26.2 Å². The highest BCUT2D eigenvalue weighted by atomic mass is 19.3. The Labute approximate surface area is 110 Å². The van der Waals surface area contributed by atoms with E-state index in [2.05, 4.69) is 14.8 Å². The second-order valence-corrected chi connectivity index (χ2v) is 3.63. The maximum atomic E-state index is 12.2. The van der Waals surface area contributed by atoms with Crippen LogP contribution in [0.15, 0.2) is 35.9 Å². The van der Waals surface area contributed by atoms with Crippen LogP contribution in [0.5, 0.6) is 5.75 Å². The highest BCUT2D eigenvalue weighted by Gasteiger charge is 2.08. The molecule has 0 unspecified atom stereocenters. The number of ether oxygens (including phenoxy) is 2. The van der Waals surface area contributed by atoms with Crippen molar-refractivity contribution in [2.75, 3.05) is 19.0 Å². The Kier molecular flexibility index (Phi) is 5.78. The Bertz CT molecular complexity index is 461. The lowest BCUT2D eigenvalue weighted by molar-refractivity contribution is -0.136. The van der Waals surface area contributed by atoms with Gasteiger partial charge in [0.1, 0.15) is 5.75 Å². The molecular formula is C13H15F2NO3. The smallest absolute Gasteiger partial charge is 0.387 e. The molecule has 0 aliphatic rings. The van der Waals surface area contributed by atoms with Crippen LogP contribution >= 0.6 is 0 Å². The van der Waals surface area contributed by atoms with E-state index in [1.807, 2.05) is 0 Å². The van der Waals surface area contributed by atoms with Gasteiger partial charge in [0, 0.05) is 12.1 Å². The second-order valence-electron chi connectivity index (χ2n) is 3.63. The Morgan fingerprint density at radius 2 is 2.11 bits per heavy atom. The average Bonchev–Trinajstić information content (AvgIpc) is 2.39. The summed E-state index contributed by atoms with van der Waals surface area (Å²) in [6.07, 6.45) is 1.60. The van der Waals surface area contributed by atoms with Crippen molar-refractivity contribution in [3.05, 3.63) is 35.9 Å². The van der Waals surface area contributed by atoms with E-state index in [0.29, 0.717) is 17.8 Å². The average molecular weight is 271 g/mol. The summed E-state index contributed by atoms with van der Waals surface area (Å²) in [5.74, 6) is -0.375. The van der Waals surface area contributed by atoms with Crippen LogP contribution < -0.4 is 10.1 Å². The number of benzene rings is 1. The van der Waals surface area contributed by atoms with Gasteiger partial charge < -0.3 is 14.8 Å². The van der Waals surface area contributed by atoms with E-state index >= 15 is 0 Å². The van der Waals surface area contributed by atoms with Gasteiger partial charge in [0.25, 0.3) is 0 Å². The molecule has 0 radical (unpaired) electrons. The van der Waals surface area contributed by atoms with E-state index in [1.54, 1.807) is 31.2 Å². The molecule has 0 bridgehead atoms. The lowest BCUT2D eigenvalue weighted by atomic mass is 10.2. The molecule has 0 spiro atoms. The zero-order chi connectivity index (χ0) is 14.3. The summed E-state index contributed by atoms with van der Waals surface area (Å²) in [5, 5.41) is 2.89. The van der Waals surface area contributed by atoms with Gasteiger partial charge in [-0.15, -0.1) is 0 Å². The van der Waals surface area contributed by atoms with Crippen molar-refractivity contribution in [3.8, 4) is 5.75 Å². The minimum absolute atomic E-state index is 0.0571. The van der Waals surface area contributed by atoms with Crippen molar-refractivity contribution in [1.29, 1.82) is 0 Å². The predicted molar refractivity (Wildman–Crippen MR) is 67.3 cm³/mol. The third-order valence-electron chi connectivity index (χ3n) is 2.31. The van der Waals surface area contributed by atoms with E-state index in [9.17, 15) is 13.6 Å². The topological polar surface area (TPSA) is 47.6 Å². The van der Waals surface area contributed by atoms with Gasteiger partial charge in [-0.05, 0) is 19.1 Å². The molecule has 1 aromatic rings. The SMILES string of the molecule is COC(=O)/C(C)=C/CNc1ccccc1OC(F)F. The molecule has 1 N–H and O–H groups in total. The summed E-state index contributed by atoms with van der Waals surface area (Å²) >= 11 is 0. The zero-order valence-corrected chi connectivity index (χ0v) is 10.7. The number of carbonyl (C=O) groups excluding carboxylic acids is 1. The third-order valence-corrected chi connectivity index (χ3v) is 2.31. The van der Waals surface area contributed by atoms with Crippen molar-refractivity contribution in [2.45, 2.75) is 13.5 Å². The second kappa shape index (κ2) is 7.35. The molecule has 104 valence electrons. The number of anilines is 1. The number of hydrogen-bond acceptors (Lipinski definition) is 4. The summed E-state index contributed by atoms with van der Waals surface area (Å²) < 4.78 is 33.3. The number of carbonyl (C=O) groups is 1. The molecule has 0 fully saturated rings. The van der Waals surface area contributed by atoms with E-state index in [1.165, 1.54) is 13.2 Å². The summed E-state index contributed by atoms with van der Waals surface area (Å²) in [4.78, 5) is 11.1. The van der Waals surface area contributed by atoms with Gasteiger partial charge in [0.15, 0.2) is 0 Å². The maximum Gasteiger partial charge on any atom is 0.387 e. The number of nitrogens with one attached hydrogen (secondary N) is 1. The van der Waals surface area contributed by atoms with E-state index < -0.39 is 12.6 Å². The van der Waals surface area contributed by atoms with Gasteiger partial charge in [-0.1, -0.05) is 18.2 Å². The van der Waals surface area contributed by atoms with Crippen LogP contribution in [0.1, 0.15) is 6.92 Å². The van der Waals surface area contributed by atoms with Crippen molar-refractivity contribution in [1.82, 2.24) is 0 Å². The van der Waals surface area contributed by atoms with Crippen LogP contribution in [0, 0.1) is 0 Å². The first-order valence-electron chi connectivity index (χ1n) is 5.57. The number of alkyl halides is 2. The first-order valence-corrected chi connectivity index (χ1v) is 5.57. The molecule has 0 aliphatic heterocycles. The standard InChI is InChI=1S/C13H15F2NO3/c1-9(12(17)18-2)7-8-16-10-5-3-4-6-11(10)19-13(14)15/h3-7,13,16H,8H2,1-2H3/b9-7+. The molecule has 4 nitrogen and oxygen atoms in total. The van der Waals surface area contributed by atoms with Gasteiger partial charge in [0.2, 0.25) is 0 Å². The fourth-order valence-electron chi connectivity index (χ4n) is 1.37. The minimum atomic E-state index is -2.88. The number of para-hydroxylation sites is 2. The van der Waals surface area contributed by atoms with E-state index in [-0.39, 0.29) is 5.75 Å². The lowest BCUT2D eigenvalue weighted by Crippen LogP contribution is -2.08. The quantitative estimate of drug-likeness (QED) is 0.638. The van der Waals surface area contributed by atoms with Gasteiger partial charge in [-0.3, -0.25) is 0 Å². The van der Waals surface area contributed by atoms with Gasteiger partial charge in [-0.25, -0.2) is 4.79 Å². The van der Waals surface area contributed by atoms with Crippen LogP contribution in [0.2, 0.25) is 0 Å². The van der Waals surface area contributed by atoms with Crippen molar-refractivity contribution >= 4 is 11.7 Å². The van der Waals surface area contributed by atoms with Gasteiger partial charge in [-0.2, -0.15) is 8.78 Å². The molecule has 0 heterocycles. The highest BCUT2D eigenvalue weighted by Crippen LogP contribution is 2.25. The first kappa shape index (κ1) is 14.9. The largest absolute Gasteiger partial charge is 0.466 e. The maximum absolute atomic E-state index is 12.2. The number of methoxy groups -OCH3 is 1. The molecule has 1 aromatic carbocycles. The Hall–Kier alpha value is -2.11. The van der Waals surface area contributed by atoms with Crippen molar-refractivity contribution < 1.29 is 23.0 Å². The minimum Gasteiger partial charge on any atom is -0.466 e. The van der Waals surface area contributed by atoms with E-state index in [4.69, 9.17) is 0 Å². The summed E-state index contributed by atoms with van der Waals surface area (Å²) in [5.41, 5.74) is 0.860. The molecular weight excluding hydrogens is 256 g/mol. The molecule has 6 heteroatoms. The van der Waals surface area contributed by atoms with Crippen molar-refractivity contribution in [2.24, 2.45) is 0 Å². The van der Waals surface area contributed by atoms with E-state index in [0.717, 1.165) is 0 Å². The third kappa shape index (κ3) is 4.95.